The smallest absolute Gasteiger partial charge is 0.412 e. The highest BCUT2D eigenvalue weighted by atomic mass is 32.1. The van der Waals surface area contributed by atoms with Crippen molar-refractivity contribution in [2.45, 2.75) is 13.8 Å². The van der Waals surface area contributed by atoms with Gasteiger partial charge in [0.2, 0.25) is 0 Å². The maximum absolute atomic E-state index is 11.3. The summed E-state index contributed by atoms with van der Waals surface area (Å²) >= 11 is 1.21. The van der Waals surface area contributed by atoms with Crippen LogP contribution < -0.4 is 5.32 Å². The van der Waals surface area contributed by atoms with E-state index in [0.29, 0.717) is 10.6 Å². The van der Waals surface area contributed by atoms with E-state index in [1.165, 1.54) is 17.4 Å². The second-order valence-electron chi connectivity index (χ2n) is 3.30. The molecule has 0 unspecified atom stereocenters. The molecular formula is C11H13NO4S. The van der Waals surface area contributed by atoms with E-state index in [-0.39, 0.29) is 12.2 Å². The minimum Gasteiger partial charge on any atom is -0.478 e. The van der Waals surface area contributed by atoms with Crippen LogP contribution in [0.2, 0.25) is 0 Å². The Morgan fingerprint density at radius 3 is 2.71 bits per heavy atom. The molecule has 0 aliphatic rings. The van der Waals surface area contributed by atoms with Crippen LogP contribution in [0.25, 0.3) is 0 Å². The number of nitrogens with one attached hydrogen (secondary N) is 1. The number of rotatable bonds is 4. The first kappa shape index (κ1) is 13.2. The topological polar surface area (TPSA) is 75.6 Å². The third-order valence-corrected chi connectivity index (χ3v) is 3.27. The standard InChI is InChI=1S/C11H13NO4S/c1-4-5-16-11(15)12-9-8(10(13)14)6(2)7(3)17-9/h4H,1,5H2,2-3H3,(H,12,15)(H,13,14). The third-order valence-electron chi connectivity index (χ3n) is 2.15. The Kier molecular flexibility index (Phi) is 4.28. The summed E-state index contributed by atoms with van der Waals surface area (Å²) < 4.78 is 4.72. The van der Waals surface area contributed by atoms with Crippen LogP contribution in [0.3, 0.4) is 0 Å². The Labute approximate surface area is 103 Å². The van der Waals surface area contributed by atoms with Crippen molar-refractivity contribution < 1.29 is 19.4 Å². The number of carboxylic acids is 1. The average Bonchev–Trinajstić information content (AvgIpc) is 2.51. The molecule has 0 fully saturated rings. The fourth-order valence-electron chi connectivity index (χ4n) is 1.24. The Morgan fingerprint density at radius 1 is 1.53 bits per heavy atom. The van der Waals surface area contributed by atoms with E-state index in [9.17, 15) is 9.59 Å². The maximum atomic E-state index is 11.3. The molecule has 5 nitrogen and oxygen atoms in total. The highest BCUT2D eigenvalue weighted by Gasteiger charge is 2.20. The highest BCUT2D eigenvalue weighted by Crippen LogP contribution is 2.32. The number of thiophene rings is 1. The van der Waals surface area contributed by atoms with Gasteiger partial charge in [-0.2, -0.15) is 0 Å². The zero-order valence-corrected chi connectivity index (χ0v) is 10.4. The zero-order chi connectivity index (χ0) is 13.0. The molecule has 0 aromatic carbocycles. The van der Waals surface area contributed by atoms with E-state index in [4.69, 9.17) is 9.84 Å². The summed E-state index contributed by atoms with van der Waals surface area (Å²) in [5.41, 5.74) is 0.768. The maximum Gasteiger partial charge on any atom is 0.412 e. The van der Waals surface area contributed by atoms with Crippen LogP contribution in [0.15, 0.2) is 12.7 Å². The molecule has 1 amide bonds. The molecule has 2 N–H and O–H groups in total. The van der Waals surface area contributed by atoms with E-state index in [2.05, 4.69) is 11.9 Å². The first-order chi connectivity index (χ1) is 7.97. The lowest BCUT2D eigenvalue weighted by Gasteiger charge is -2.04. The minimum absolute atomic E-state index is 0.0809. The van der Waals surface area contributed by atoms with E-state index in [1.54, 1.807) is 13.8 Å². The molecule has 0 spiro atoms. The van der Waals surface area contributed by atoms with Gasteiger partial charge >= 0.3 is 12.1 Å². The Balaban J connectivity index is 2.91. The number of ether oxygens (including phenoxy) is 1. The number of amides is 1. The Bertz CT molecular complexity index is 464. The number of hydrogen-bond donors (Lipinski definition) is 2. The van der Waals surface area contributed by atoms with Gasteiger partial charge in [0, 0.05) is 4.88 Å². The number of aryl methyl sites for hydroxylation is 1. The van der Waals surface area contributed by atoms with Crippen LogP contribution in [-0.2, 0) is 4.74 Å². The van der Waals surface area contributed by atoms with Gasteiger partial charge in [-0.25, -0.2) is 9.59 Å². The molecule has 0 bridgehead atoms. The fraction of sp³-hybridized carbons (Fsp3) is 0.273. The molecule has 1 heterocycles. The summed E-state index contributed by atoms with van der Waals surface area (Å²) in [5, 5.41) is 11.8. The first-order valence-electron chi connectivity index (χ1n) is 4.85. The molecule has 0 radical (unpaired) electrons. The summed E-state index contributed by atoms with van der Waals surface area (Å²) in [6, 6.07) is 0. The molecule has 0 saturated heterocycles. The third kappa shape index (κ3) is 3.07. The van der Waals surface area contributed by atoms with Crippen LogP contribution in [0, 0.1) is 13.8 Å². The molecule has 0 atom stereocenters. The van der Waals surface area contributed by atoms with Crippen LogP contribution in [0.5, 0.6) is 0 Å². The molecule has 1 aromatic heterocycles. The first-order valence-corrected chi connectivity index (χ1v) is 5.67. The van der Waals surface area contributed by atoms with Crippen molar-refractivity contribution >= 4 is 28.4 Å². The van der Waals surface area contributed by atoms with Crippen LogP contribution in [0.1, 0.15) is 20.8 Å². The average molecular weight is 255 g/mol. The molecule has 6 heteroatoms. The van der Waals surface area contributed by atoms with Gasteiger partial charge in [-0.3, -0.25) is 5.32 Å². The summed E-state index contributed by atoms with van der Waals surface area (Å²) in [5.74, 6) is -1.06. The number of carbonyl (C=O) groups is 2. The van der Waals surface area contributed by atoms with Crippen molar-refractivity contribution in [1.29, 1.82) is 0 Å². The van der Waals surface area contributed by atoms with Crippen molar-refractivity contribution in [3.05, 3.63) is 28.7 Å². The summed E-state index contributed by atoms with van der Waals surface area (Å²) in [6.45, 7) is 6.99. The summed E-state index contributed by atoms with van der Waals surface area (Å²) in [7, 11) is 0. The molecular weight excluding hydrogens is 242 g/mol. The number of aromatic carboxylic acids is 1. The van der Waals surface area contributed by atoms with E-state index in [0.717, 1.165) is 4.88 Å². The SMILES string of the molecule is C=CCOC(=O)Nc1sc(C)c(C)c1C(=O)O. The van der Waals surface area contributed by atoms with Crippen LogP contribution in [-0.4, -0.2) is 23.8 Å². The lowest BCUT2D eigenvalue weighted by atomic mass is 10.1. The molecule has 17 heavy (non-hydrogen) atoms. The van der Waals surface area contributed by atoms with Gasteiger partial charge < -0.3 is 9.84 Å². The molecule has 0 aliphatic carbocycles. The van der Waals surface area contributed by atoms with Gasteiger partial charge in [-0.1, -0.05) is 12.7 Å². The predicted molar refractivity (Wildman–Crippen MR) is 65.9 cm³/mol. The van der Waals surface area contributed by atoms with Crippen molar-refractivity contribution in [3.8, 4) is 0 Å². The van der Waals surface area contributed by atoms with E-state index < -0.39 is 12.1 Å². The second-order valence-corrected chi connectivity index (χ2v) is 4.53. The van der Waals surface area contributed by atoms with Crippen molar-refractivity contribution in [2.75, 3.05) is 11.9 Å². The van der Waals surface area contributed by atoms with Gasteiger partial charge in [-0.05, 0) is 19.4 Å². The summed E-state index contributed by atoms with van der Waals surface area (Å²) in [6.07, 6.45) is 0.747. The van der Waals surface area contributed by atoms with Gasteiger partial charge in [0.1, 0.15) is 11.6 Å². The van der Waals surface area contributed by atoms with E-state index >= 15 is 0 Å². The largest absolute Gasteiger partial charge is 0.478 e. The van der Waals surface area contributed by atoms with Crippen molar-refractivity contribution in [3.63, 3.8) is 0 Å². The minimum atomic E-state index is -1.06. The molecule has 0 aliphatic heterocycles. The van der Waals surface area contributed by atoms with Crippen molar-refractivity contribution in [2.24, 2.45) is 0 Å². The number of hydrogen-bond acceptors (Lipinski definition) is 4. The monoisotopic (exact) mass is 255 g/mol. The fourth-order valence-corrected chi connectivity index (χ4v) is 2.27. The van der Waals surface area contributed by atoms with Crippen molar-refractivity contribution in [1.82, 2.24) is 0 Å². The Hall–Kier alpha value is -1.82. The lowest BCUT2D eigenvalue weighted by molar-refractivity contribution is 0.0697. The zero-order valence-electron chi connectivity index (χ0n) is 9.57. The number of carbonyl (C=O) groups excluding carboxylic acids is 1. The van der Waals surface area contributed by atoms with Gasteiger partial charge in [0.05, 0.1) is 5.56 Å². The normalized spacial score (nSPS) is 9.76. The molecule has 0 saturated carbocycles. The molecule has 92 valence electrons. The van der Waals surface area contributed by atoms with Gasteiger partial charge in [0.15, 0.2) is 0 Å². The molecule has 1 aromatic rings. The van der Waals surface area contributed by atoms with Crippen LogP contribution in [0.4, 0.5) is 9.80 Å². The lowest BCUT2D eigenvalue weighted by Crippen LogP contribution is -2.14. The Morgan fingerprint density at radius 2 is 2.18 bits per heavy atom. The highest BCUT2D eigenvalue weighted by molar-refractivity contribution is 7.16. The predicted octanol–water partition coefficient (Wildman–Crippen LogP) is 2.80. The number of anilines is 1. The molecule has 1 rings (SSSR count). The van der Waals surface area contributed by atoms with Crippen LogP contribution >= 0.6 is 11.3 Å². The quantitative estimate of drug-likeness (QED) is 0.811. The number of carboxylic acid groups (broad SMARTS) is 1. The van der Waals surface area contributed by atoms with Gasteiger partial charge in [0.25, 0.3) is 0 Å². The summed E-state index contributed by atoms with van der Waals surface area (Å²) in [4.78, 5) is 23.2. The van der Waals surface area contributed by atoms with Gasteiger partial charge in [-0.15, -0.1) is 11.3 Å². The van der Waals surface area contributed by atoms with E-state index in [1.807, 2.05) is 0 Å². The second kappa shape index (κ2) is 5.49.